The molecule has 324 valence electrons. The highest BCUT2D eigenvalue weighted by Crippen LogP contribution is 2.55. The maximum atomic E-state index is 12.5. The summed E-state index contributed by atoms with van der Waals surface area (Å²) in [6.07, 6.45) is 21.0. The van der Waals surface area contributed by atoms with Crippen molar-refractivity contribution >= 4 is 11.6 Å². The molecule has 4 aromatic heterocycles. The van der Waals surface area contributed by atoms with Crippen LogP contribution in [-0.2, 0) is 72.7 Å². The molecule has 10 atom stereocenters. The Balaban J connectivity index is 0.000000137. The van der Waals surface area contributed by atoms with Crippen molar-refractivity contribution in [3.05, 3.63) is 104 Å². The van der Waals surface area contributed by atoms with Crippen LogP contribution in [0.4, 0.5) is 0 Å². The number of Topliss-reactive ketones (excluding diaryl/α,β-unsaturated/α-hetero) is 2. The normalized spacial score (nSPS) is 32.8. The summed E-state index contributed by atoms with van der Waals surface area (Å²) in [7, 11) is 7.16. The van der Waals surface area contributed by atoms with Crippen LogP contribution in [0.25, 0.3) is 9.69 Å². The second-order valence-electron chi connectivity index (χ2n) is 19.3. The molecule has 0 aromatic carbocycles. The number of aromatic nitrogens is 7. The Bertz CT molecular complexity index is 2440. The number of fused-ring (bicyclic) bond motifs is 10. The van der Waals surface area contributed by atoms with E-state index in [2.05, 4.69) is 78.3 Å². The Kier molecular flexibility index (Phi) is 11.4. The minimum absolute atomic E-state index is 0.0306. The number of aryl methyl sites for hydroxylation is 6. The molecule has 6 aliphatic rings. The minimum atomic E-state index is -0.478. The molecule has 0 amide bonds. The molecule has 12 heteroatoms. The summed E-state index contributed by atoms with van der Waals surface area (Å²) in [4.78, 5) is 31.9. The van der Waals surface area contributed by atoms with Crippen molar-refractivity contribution < 1.29 is 15.5 Å². The van der Waals surface area contributed by atoms with Crippen molar-refractivity contribution in [2.24, 2.45) is 50.7 Å². The summed E-state index contributed by atoms with van der Waals surface area (Å²) in [5.41, 5.74) is 8.83. The number of carbonyl (C=O) groups is 2. The zero-order valence-electron chi connectivity index (χ0n) is 39.0. The van der Waals surface area contributed by atoms with Gasteiger partial charge in [0.25, 0.3) is 6.04 Å². The number of hydrogen-bond acceptors (Lipinski definition) is 7. The van der Waals surface area contributed by atoms with Crippen LogP contribution in [0.2, 0.25) is 0 Å². The summed E-state index contributed by atoms with van der Waals surface area (Å²) in [5.74, 6) is 3.06. The van der Waals surface area contributed by atoms with Gasteiger partial charge in [0.15, 0.2) is 5.78 Å². The predicted octanol–water partition coefficient (Wildman–Crippen LogP) is 8.79. The zero-order valence-corrected chi connectivity index (χ0v) is 38.0. The largest absolute Gasteiger partial charge is 0.361 e. The molecule has 0 spiro atoms. The molecule has 0 bridgehead atoms. The van der Waals surface area contributed by atoms with Gasteiger partial charge in [0.05, 0.1) is 29.9 Å². The maximum Gasteiger partial charge on any atom is 0.282 e. The van der Waals surface area contributed by atoms with Gasteiger partial charge in [0.2, 0.25) is 11.5 Å². The standard InChI is InChI=1S/2C16H21N3O.C16H19N3O.CH4/c1-4-12-13-6-5-10-9-19(3)18-15(10)16(13,2)7-11-8-17-20-14(11)12;2*1-5-11-12-7-6-10-9-19(4)18-15(10)16(12,2)8-13(17-3)14(11)20;/h8-9,12-13H,4-7H2,1-3H3;9,11-13H,5-8H2,1-2,4H3;8-9,11-12H,5-7H2,1-2,4H3;1H4/t12-,13-,16-;11-,12-,13?,16-;11-,12-,16-;/m000./s1/i;;;1T. The Hall–Kier alpha value is -5.10. The van der Waals surface area contributed by atoms with E-state index in [1.165, 1.54) is 41.8 Å². The van der Waals surface area contributed by atoms with Crippen LogP contribution in [0.5, 0.6) is 0 Å². The van der Waals surface area contributed by atoms with Crippen LogP contribution in [0.1, 0.15) is 146 Å². The van der Waals surface area contributed by atoms with Gasteiger partial charge in [0, 0.05) is 87.1 Å². The molecule has 6 aliphatic carbocycles. The first-order valence-electron chi connectivity index (χ1n) is 23.2. The van der Waals surface area contributed by atoms with Gasteiger partial charge in [-0.25, -0.2) is 11.4 Å². The lowest BCUT2D eigenvalue weighted by molar-refractivity contribution is -0.130. The number of nitrogens with zero attached hydrogens (tertiary/aromatic N) is 9. The fraction of sp³-hybridized carbons (Fsp3) is 0.633. The molecule has 0 N–H and O–H groups in total. The van der Waals surface area contributed by atoms with Crippen molar-refractivity contribution in [1.29, 1.82) is 0 Å². The molecule has 0 radical (unpaired) electrons. The average molecular weight is 830 g/mol. The lowest BCUT2D eigenvalue weighted by Crippen LogP contribution is -2.52. The van der Waals surface area contributed by atoms with Crippen LogP contribution in [0.15, 0.2) is 41.1 Å². The Morgan fingerprint density at radius 2 is 1.26 bits per heavy atom. The van der Waals surface area contributed by atoms with Gasteiger partial charge < -0.3 is 14.2 Å². The van der Waals surface area contributed by atoms with E-state index in [1.54, 1.807) is 0 Å². The molecule has 61 heavy (non-hydrogen) atoms. The number of carbonyl (C=O) groups excluding carboxylic acids is 2. The third-order valence-electron chi connectivity index (χ3n) is 15.8. The molecule has 10 rings (SSSR count). The predicted molar refractivity (Wildman–Crippen MR) is 234 cm³/mol. The maximum absolute atomic E-state index is 12.5. The van der Waals surface area contributed by atoms with E-state index in [4.69, 9.17) is 24.1 Å². The first kappa shape index (κ1) is 42.6. The molecule has 1 fully saturated rings. The highest BCUT2D eigenvalue weighted by atomic mass is 16.5. The van der Waals surface area contributed by atoms with Crippen LogP contribution in [0.3, 0.4) is 0 Å². The lowest BCUT2D eigenvalue weighted by atomic mass is 9.54. The van der Waals surface area contributed by atoms with Gasteiger partial charge in [-0.15, -0.1) is 0 Å². The van der Waals surface area contributed by atoms with Crippen molar-refractivity contribution in [3.8, 4) is 0 Å². The van der Waals surface area contributed by atoms with Crippen LogP contribution < -0.4 is 0 Å². The van der Waals surface area contributed by atoms with E-state index in [9.17, 15) is 9.59 Å². The smallest absolute Gasteiger partial charge is 0.282 e. The van der Waals surface area contributed by atoms with E-state index in [1.807, 2.05) is 54.4 Å². The molecule has 1 unspecified atom stereocenters. The van der Waals surface area contributed by atoms with Gasteiger partial charge in [-0.1, -0.05) is 60.2 Å². The molecule has 0 aliphatic heterocycles. The third kappa shape index (κ3) is 6.93. The highest BCUT2D eigenvalue weighted by Gasteiger charge is 2.57. The summed E-state index contributed by atoms with van der Waals surface area (Å²) in [5, 5.41) is 18.2. The lowest BCUT2D eigenvalue weighted by Gasteiger charge is -2.47. The van der Waals surface area contributed by atoms with Gasteiger partial charge >= 0.3 is 0 Å². The van der Waals surface area contributed by atoms with E-state index in [0.717, 1.165) is 74.9 Å². The minimum Gasteiger partial charge on any atom is -0.361 e. The molecule has 0 saturated heterocycles. The second kappa shape index (κ2) is 16.3. The van der Waals surface area contributed by atoms with Crippen LogP contribution in [0, 0.1) is 42.7 Å². The van der Waals surface area contributed by atoms with Crippen LogP contribution >= 0.6 is 0 Å². The fourth-order valence-electron chi connectivity index (χ4n) is 13.1. The monoisotopic (exact) mass is 830 g/mol. The molecule has 12 nitrogen and oxygen atoms in total. The molecular formula is C49H65N9O3. The van der Waals surface area contributed by atoms with E-state index in [-0.39, 0.29) is 45.6 Å². The first-order chi connectivity index (χ1) is 29.6. The topological polar surface area (TPSA) is 122 Å². The molecule has 4 aromatic rings. The summed E-state index contributed by atoms with van der Waals surface area (Å²) in [6.45, 7) is 27.8. The Morgan fingerprint density at radius 3 is 1.80 bits per heavy atom. The van der Waals surface area contributed by atoms with Crippen molar-refractivity contribution in [2.75, 3.05) is 0 Å². The first-order valence-corrected chi connectivity index (χ1v) is 22.2. The average Bonchev–Trinajstić information content (AvgIpc) is 4.07. The Morgan fingerprint density at radius 1 is 0.754 bits per heavy atom. The summed E-state index contributed by atoms with van der Waals surface area (Å²) in [6, 6.07) is -0.478. The SMILES string of the molecule is CC[C@@H]1c2oncc2C[C@]2(C)c3nn(C)cc3CC[C@@H]12.[3H]C.[C-]#[N+]C1=C[C@]2(C)c3nn(C)cc3CC[C@H]2[C@H](CC)C1=O.[C-]#[N+]C1C[C@]2(C)c3nn(C)cc3CC[C@H]2[C@H](CC)C1=O. The van der Waals surface area contributed by atoms with E-state index >= 15 is 0 Å². The highest BCUT2D eigenvalue weighted by molar-refractivity contribution is 6.00. The van der Waals surface area contributed by atoms with Gasteiger partial charge in [-0.2, -0.15) is 15.3 Å². The third-order valence-corrected chi connectivity index (χ3v) is 15.8. The molecule has 4 heterocycles. The number of allylic oxidation sites excluding steroid dienone is 2. The van der Waals surface area contributed by atoms with Crippen LogP contribution in [-0.4, -0.2) is 52.1 Å². The Labute approximate surface area is 363 Å². The molecular weight excluding hydrogens is 763 g/mol. The van der Waals surface area contributed by atoms with Crippen molar-refractivity contribution in [3.63, 3.8) is 0 Å². The number of rotatable bonds is 3. The van der Waals surface area contributed by atoms with Gasteiger partial charge in [-0.05, 0) is 98.7 Å². The zero-order chi connectivity index (χ0) is 44.9. The fourth-order valence-corrected chi connectivity index (χ4v) is 13.1. The summed E-state index contributed by atoms with van der Waals surface area (Å²) < 4.78 is 17.0. The number of hydrogen-bond donors (Lipinski definition) is 0. The van der Waals surface area contributed by atoms with Gasteiger partial charge in [-0.3, -0.25) is 18.8 Å². The van der Waals surface area contributed by atoms with Crippen molar-refractivity contribution in [2.45, 2.75) is 148 Å². The quantitative estimate of drug-likeness (QED) is 0.189. The van der Waals surface area contributed by atoms with E-state index < -0.39 is 6.04 Å². The van der Waals surface area contributed by atoms with E-state index in [0.29, 0.717) is 29.9 Å². The van der Waals surface area contributed by atoms with Crippen molar-refractivity contribution in [1.82, 2.24) is 34.5 Å². The molecule has 1 saturated carbocycles. The second-order valence-corrected chi connectivity index (χ2v) is 19.3. The van der Waals surface area contributed by atoms with Gasteiger partial charge in [0.1, 0.15) is 5.76 Å². The summed E-state index contributed by atoms with van der Waals surface area (Å²) >= 11 is 0. The number of ketones is 2.